The van der Waals surface area contributed by atoms with E-state index in [9.17, 15) is 4.79 Å². The Balaban J connectivity index is 1.46. The number of aromatic nitrogens is 1. The van der Waals surface area contributed by atoms with Crippen LogP contribution >= 0.6 is 11.3 Å². The molecule has 0 fully saturated rings. The fourth-order valence-corrected chi connectivity index (χ4v) is 4.23. The van der Waals surface area contributed by atoms with Crippen molar-refractivity contribution in [3.63, 3.8) is 0 Å². The van der Waals surface area contributed by atoms with E-state index in [0.717, 1.165) is 5.52 Å². The number of H-pyrrole nitrogens is 1. The van der Waals surface area contributed by atoms with Crippen molar-refractivity contribution in [1.29, 1.82) is 0 Å². The Morgan fingerprint density at radius 3 is 2.66 bits per heavy atom. The molecule has 2 aromatic heterocycles. The molecule has 1 amide bonds. The zero-order chi connectivity index (χ0) is 20.1. The molecule has 1 unspecified atom stereocenters. The van der Waals surface area contributed by atoms with Gasteiger partial charge in [-0.05, 0) is 35.2 Å². The molecule has 2 aromatic carbocycles. The predicted octanol–water partition coefficient (Wildman–Crippen LogP) is 4.57. The minimum Gasteiger partial charge on any atom is -0.493 e. The molecule has 1 atom stereocenters. The quantitative estimate of drug-likeness (QED) is 0.451. The van der Waals surface area contributed by atoms with Gasteiger partial charge in [0.05, 0.1) is 7.11 Å². The number of aromatic amines is 1. The first-order valence-electron chi connectivity index (χ1n) is 9.38. The fraction of sp³-hybridized carbons (Fsp3) is 0.174. The van der Waals surface area contributed by atoms with E-state index in [1.54, 1.807) is 30.6 Å². The number of amides is 1. The molecule has 0 saturated carbocycles. The molecule has 5 nitrogen and oxygen atoms in total. The van der Waals surface area contributed by atoms with Crippen LogP contribution in [0.15, 0.2) is 72.2 Å². The molecule has 0 aliphatic carbocycles. The Kier molecular flexibility index (Phi) is 5.81. The topological polar surface area (TPSA) is 63.4 Å². The van der Waals surface area contributed by atoms with Gasteiger partial charge in [0.15, 0.2) is 18.1 Å². The van der Waals surface area contributed by atoms with Crippen LogP contribution < -0.4 is 14.8 Å². The number of rotatable bonds is 8. The summed E-state index contributed by atoms with van der Waals surface area (Å²) in [6.07, 6.45) is 2.03. The molecule has 148 valence electrons. The lowest BCUT2D eigenvalue weighted by molar-refractivity contribution is -0.123. The SMILES string of the molecule is COc1ccccc1OCC(=O)NCC(c1cccs1)c1c[nH]c2ccccc12. The maximum absolute atomic E-state index is 12.4. The highest BCUT2D eigenvalue weighted by molar-refractivity contribution is 7.10. The van der Waals surface area contributed by atoms with Gasteiger partial charge in [0.2, 0.25) is 0 Å². The highest BCUT2D eigenvalue weighted by atomic mass is 32.1. The molecule has 0 aliphatic rings. The lowest BCUT2D eigenvalue weighted by atomic mass is 9.96. The third kappa shape index (κ3) is 4.27. The van der Waals surface area contributed by atoms with Crippen LogP contribution in [0.1, 0.15) is 16.4 Å². The molecule has 0 bridgehead atoms. The molecule has 4 rings (SSSR count). The van der Waals surface area contributed by atoms with Crippen molar-refractivity contribution < 1.29 is 14.3 Å². The molecular formula is C23H22N2O3S. The highest BCUT2D eigenvalue weighted by Gasteiger charge is 2.20. The third-order valence-electron chi connectivity index (χ3n) is 4.81. The van der Waals surface area contributed by atoms with Crippen LogP contribution in [0.3, 0.4) is 0 Å². The summed E-state index contributed by atoms with van der Waals surface area (Å²) in [7, 11) is 1.58. The first-order valence-corrected chi connectivity index (χ1v) is 10.3. The summed E-state index contributed by atoms with van der Waals surface area (Å²) in [5, 5.41) is 6.25. The van der Waals surface area contributed by atoms with E-state index in [4.69, 9.17) is 9.47 Å². The lowest BCUT2D eigenvalue weighted by Crippen LogP contribution is -2.32. The second-order valence-electron chi connectivity index (χ2n) is 6.60. The average Bonchev–Trinajstić information content (AvgIpc) is 3.43. The second-order valence-corrected chi connectivity index (χ2v) is 7.58. The smallest absolute Gasteiger partial charge is 0.257 e. The van der Waals surface area contributed by atoms with Gasteiger partial charge in [-0.3, -0.25) is 4.79 Å². The van der Waals surface area contributed by atoms with Gasteiger partial charge < -0.3 is 19.8 Å². The van der Waals surface area contributed by atoms with Crippen LogP contribution in [0.2, 0.25) is 0 Å². The van der Waals surface area contributed by atoms with Crippen molar-refractivity contribution in [2.75, 3.05) is 20.3 Å². The normalized spacial score (nSPS) is 11.9. The number of methoxy groups -OCH3 is 1. The monoisotopic (exact) mass is 406 g/mol. The van der Waals surface area contributed by atoms with Crippen LogP contribution in [-0.4, -0.2) is 31.2 Å². The van der Waals surface area contributed by atoms with E-state index in [1.807, 2.05) is 36.5 Å². The number of thiophene rings is 1. The van der Waals surface area contributed by atoms with E-state index in [1.165, 1.54) is 15.8 Å². The Morgan fingerprint density at radius 2 is 1.86 bits per heavy atom. The van der Waals surface area contributed by atoms with Crippen molar-refractivity contribution in [2.45, 2.75) is 5.92 Å². The number of carbonyl (C=O) groups is 1. The number of para-hydroxylation sites is 3. The Morgan fingerprint density at radius 1 is 1.07 bits per heavy atom. The van der Waals surface area contributed by atoms with Gasteiger partial charge in [0.1, 0.15) is 0 Å². The molecule has 4 aromatic rings. The minimum absolute atomic E-state index is 0.0641. The summed E-state index contributed by atoms with van der Waals surface area (Å²) < 4.78 is 10.9. The molecule has 0 saturated heterocycles. The van der Waals surface area contributed by atoms with Crippen molar-refractivity contribution in [1.82, 2.24) is 10.3 Å². The Labute approximate surface area is 173 Å². The Hall–Kier alpha value is -3.25. The minimum atomic E-state index is -0.169. The van der Waals surface area contributed by atoms with Gasteiger partial charge in [0, 0.05) is 34.4 Å². The maximum Gasteiger partial charge on any atom is 0.257 e. The van der Waals surface area contributed by atoms with E-state index in [2.05, 4.69) is 33.9 Å². The molecule has 0 spiro atoms. The van der Waals surface area contributed by atoms with Crippen LogP contribution in [0.4, 0.5) is 0 Å². The second kappa shape index (κ2) is 8.84. The number of carbonyl (C=O) groups excluding carboxylic acids is 1. The first kappa shape index (κ1) is 19.1. The van der Waals surface area contributed by atoms with Crippen LogP contribution in [0.5, 0.6) is 11.5 Å². The van der Waals surface area contributed by atoms with Crippen LogP contribution in [-0.2, 0) is 4.79 Å². The van der Waals surface area contributed by atoms with E-state index in [-0.39, 0.29) is 18.4 Å². The van der Waals surface area contributed by atoms with Gasteiger partial charge in [0.25, 0.3) is 5.91 Å². The summed E-state index contributed by atoms with van der Waals surface area (Å²) in [6, 6.07) is 19.6. The largest absolute Gasteiger partial charge is 0.493 e. The summed E-state index contributed by atoms with van der Waals surface area (Å²) in [6.45, 7) is 0.432. The number of nitrogens with one attached hydrogen (secondary N) is 2. The molecule has 29 heavy (non-hydrogen) atoms. The summed E-state index contributed by atoms with van der Waals surface area (Å²) in [5.74, 6) is 1.06. The number of hydrogen-bond acceptors (Lipinski definition) is 4. The van der Waals surface area contributed by atoms with Gasteiger partial charge in [-0.15, -0.1) is 11.3 Å². The predicted molar refractivity (Wildman–Crippen MR) is 116 cm³/mol. The molecule has 2 heterocycles. The van der Waals surface area contributed by atoms with Gasteiger partial charge >= 0.3 is 0 Å². The van der Waals surface area contributed by atoms with Crippen molar-refractivity contribution >= 4 is 28.1 Å². The van der Waals surface area contributed by atoms with E-state index >= 15 is 0 Å². The summed E-state index contributed by atoms with van der Waals surface area (Å²) in [5.41, 5.74) is 2.27. The molecule has 6 heteroatoms. The van der Waals surface area contributed by atoms with Gasteiger partial charge in [-0.25, -0.2) is 0 Å². The van der Waals surface area contributed by atoms with E-state index < -0.39 is 0 Å². The zero-order valence-corrected chi connectivity index (χ0v) is 16.9. The average molecular weight is 407 g/mol. The highest BCUT2D eigenvalue weighted by Crippen LogP contribution is 2.32. The first-order chi connectivity index (χ1) is 14.3. The van der Waals surface area contributed by atoms with Crippen molar-refractivity contribution in [3.05, 3.63) is 82.7 Å². The van der Waals surface area contributed by atoms with Crippen LogP contribution in [0.25, 0.3) is 10.9 Å². The van der Waals surface area contributed by atoms with E-state index in [0.29, 0.717) is 18.0 Å². The van der Waals surface area contributed by atoms with Crippen molar-refractivity contribution in [2.24, 2.45) is 0 Å². The third-order valence-corrected chi connectivity index (χ3v) is 5.80. The Bertz CT molecular complexity index is 1090. The summed E-state index contributed by atoms with van der Waals surface area (Å²) in [4.78, 5) is 17.0. The maximum atomic E-state index is 12.4. The number of fused-ring (bicyclic) bond motifs is 1. The molecule has 0 radical (unpaired) electrons. The fourth-order valence-electron chi connectivity index (χ4n) is 3.38. The lowest BCUT2D eigenvalue weighted by Gasteiger charge is -2.17. The van der Waals surface area contributed by atoms with Crippen LogP contribution in [0, 0.1) is 0 Å². The molecule has 2 N–H and O–H groups in total. The van der Waals surface area contributed by atoms with Gasteiger partial charge in [-0.1, -0.05) is 36.4 Å². The van der Waals surface area contributed by atoms with Gasteiger partial charge in [-0.2, -0.15) is 0 Å². The zero-order valence-electron chi connectivity index (χ0n) is 16.1. The molecular weight excluding hydrogens is 384 g/mol. The number of hydrogen-bond donors (Lipinski definition) is 2. The van der Waals surface area contributed by atoms with Crippen molar-refractivity contribution in [3.8, 4) is 11.5 Å². The molecule has 0 aliphatic heterocycles. The summed E-state index contributed by atoms with van der Waals surface area (Å²) >= 11 is 1.69. The number of benzene rings is 2. The number of ether oxygens (including phenoxy) is 2. The standard InChI is InChI=1S/C23H22N2O3S/c1-27-20-9-4-5-10-21(20)28-15-23(26)25-14-18(22-11-6-12-29-22)17-13-24-19-8-3-2-7-16(17)19/h2-13,18,24H,14-15H2,1H3,(H,25,26).